The Morgan fingerprint density at radius 2 is 2.00 bits per heavy atom. The number of nitrogens with two attached hydrogens (primary N) is 1. The first kappa shape index (κ1) is 17.9. The number of benzene rings is 1. The molecule has 1 aromatic carbocycles. The molecule has 0 unspecified atom stereocenters. The van der Waals surface area contributed by atoms with Gasteiger partial charge in [0.1, 0.15) is 0 Å². The topological polar surface area (TPSA) is 83.7 Å². The normalized spacial score (nSPS) is 16.4. The van der Waals surface area contributed by atoms with Crippen LogP contribution >= 0.6 is 0 Å². The lowest BCUT2D eigenvalue weighted by Crippen LogP contribution is -2.38. The van der Waals surface area contributed by atoms with E-state index in [0.717, 1.165) is 12.1 Å². The van der Waals surface area contributed by atoms with E-state index in [9.17, 15) is 13.2 Å². The van der Waals surface area contributed by atoms with Gasteiger partial charge in [0, 0.05) is 19.6 Å². The van der Waals surface area contributed by atoms with Crippen LogP contribution < -0.4 is 5.14 Å². The Balaban J connectivity index is 2.01. The minimum Gasteiger partial charge on any atom is -0.344 e. The Morgan fingerprint density at radius 3 is 2.57 bits per heavy atom. The van der Waals surface area contributed by atoms with Crippen LogP contribution in [0.5, 0.6) is 0 Å². The summed E-state index contributed by atoms with van der Waals surface area (Å²) in [5.41, 5.74) is 0.816. The smallest absolute Gasteiger partial charge is 0.238 e. The van der Waals surface area contributed by atoms with E-state index < -0.39 is 10.0 Å². The molecule has 0 bridgehead atoms. The van der Waals surface area contributed by atoms with Crippen molar-refractivity contribution in [3.05, 3.63) is 29.8 Å². The number of nitrogens with zero attached hydrogens (tertiary/aromatic N) is 2. The fourth-order valence-corrected chi connectivity index (χ4v) is 3.03. The first-order valence-electron chi connectivity index (χ1n) is 7.75. The van der Waals surface area contributed by atoms with Crippen molar-refractivity contribution in [2.75, 3.05) is 27.2 Å². The van der Waals surface area contributed by atoms with E-state index in [1.807, 2.05) is 32.0 Å². The van der Waals surface area contributed by atoms with Gasteiger partial charge in [-0.2, -0.15) is 0 Å². The maximum Gasteiger partial charge on any atom is 0.238 e. The van der Waals surface area contributed by atoms with E-state index in [2.05, 4.69) is 0 Å². The van der Waals surface area contributed by atoms with Crippen LogP contribution in [0.2, 0.25) is 0 Å². The number of hydrogen-bond donors (Lipinski definition) is 1. The summed E-state index contributed by atoms with van der Waals surface area (Å²) in [5.74, 6) is 0.743. The molecule has 0 aliphatic heterocycles. The van der Waals surface area contributed by atoms with Gasteiger partial charge >= 0.3 is 0 Å². The highest BCUT2D eigenvalue weighted by atomic mass is 32.2. The van der Waals surface area contributed by atoms with Gasteiger partial charge in [-0.25, -0.2) is 13.6 Å². The van der Waals surface area contributed by atoms with Crippen LogP contribution in [0.15, 0.2) is 29.2 Å². The number of likely N-dealkylation sites (N-methyl/N-ethyl adjacent to an activating group) is 2. The van der Waals surface area contributed by atoms with Gasteiger partial charge in [-0.3, -0.25) is 9.69 Å². The lowest BCUT2D eigenvalue weighted by Gasteiger charge is -2.27. The zero-order valence-corrected chi connectivity index (χ0v) is 14.7. The Kier molecular flexibility index (Phi) is 5.44. The number of carbonyl (C=O) groups excluding carboxylic acids is 1. The maximum atomic E-state index is 12.2. The van der Waals surface area contributed by atoms with Crippen molar-refractivity contribution in [1.82, 2.24) is 9.80 Å². The Hall–Kier alpha value is -1.44. The van der Waals surface area contributed by atoms with Gasteiger partial charge in [0.2, 0.25) is 15.9 Å². The van der Waals surface area contributed by atoms with E-state index in [4.69, 9.17) is 5.14 Å². The van der Waals surface area contributed by atoms with Gasteiger partial charge in [0.05, 0.1) is 11.4 Å². The third-order valence-corrected chi connectivity index (χ3v) is 5.28. The molecule has 1 aromatic rings. The molecule has 128 valence electrons. The van der Waals surface area contributed by atoms with E-state index >= 15 is 0 Å². The summed E-state index contributed by atoms with van der Waals surface area (Å²) in [6, 6.07) is 6.46. The molecule has 0 heterocycles. The molecule has 1 amide bonds. The van der Waals surface area contributed by atoms with Gasteiger partial charge in [0.15, 0.2) is 0 Å². The van der Waals surface area contributed by atoms with Crippen LogP contribution in [-0.4, -0.2) is 51.3 Å². The predicted molar refractivity (Wildman–Crippen MR) is 89.2 cm³/mol. The standard InChI is InChI=1S/C16H25N3O3S/c1-12(14-5-4-6-15(9-14)23(17,21)22)18(2)11-16(20)19(3)10-13-7-8-13/h4-6,9,12-13H,7-8,10-11H2,1-3H3,(H2,17,21,22)/t12-/m0/s1. The average Bonchev–Trinajstić information content (AvgIpc) is 3.29. The Bertz CT molecular complexity index is 671. The average molecular weight is 339 g/mol. The van der Waals surface area contributed by atoms with Crippen molar-refractivity contribution in [3.63, 3.8) is 0 Å². The van der Waals surface area contributed by atoms with Crippen LogP contribution in [-0.2, 0) is 14.8 Å². The largest absolute Gasteiger partial charge is 0.344 e. The predicted octanol–water partition coefficient (Wildman–Crippen LogP) is 1.20. The number of rotatable bonds is 7. The van der Waals surface area contributed by atoms with Crippen molar-refractivity contribution in [3.8, 4) is 0 Å². The van der Waals surface area contributed by atoms with E-state index in [1.54, 1.807) is 17.0 Å². The second-order valence-electron chi connectivity index (χ2n) is 6.43. The van der Waals surface area contributed by atoms with Crippen molar-refractivity contribution < 1.29 is 13.2 Å². The van der Waals surface area contributed by atoms with Crippen molar-refractivity contribution >= 4 is 15.9 Å². The molecule has 0 spiro atoms. The molecular formula is C16H25N3O3S. The van der Waals surface area contributed by atoms with Crippen molar-refractivity contribution in [1.29, 1.82) is 0 Å². The minimum atomic E-state index is -3.72. The number of amides is 1. The van der Waals surface area contributed by atoms with E-state index in [0.29, 0.717) is 12.5 Å². The molecule has 7 heteroatoms. The highest BCUT2D eigenvalue weighted by molar-refractivity contribution is 7.89. The summed E-state index contributed by atoms with van der Waals surface area (Å²) in [6.07, 6.45) is 2.43. The monoisotopic (exact) mass is 339 g/mol. The molecular weight excluding hydrogens is 314 g/mol. The van der Waals surface area contributed by atoms with Gasteiger partial charge < -0.3 is 4.90 Å². The van der Waals surface area contributed by atoms with Gasteiger partial charge in [0.25, 0.3) is 0 Å². The zero-order valence-electron chi connectivity index (χ0n) is 13.9. The lowest BCUT2D eigenvalue weighted by atomic mass is 10.1. The third-order valence-electron chi connectivity index (χ3n) is 4.37. The fourth-order valence-electron chi connectivity index (χ4n) is 2.47. The number of sulfonamides is 1. The highest BCUT2D eigenvalue weighted by Gasteiger charge is 2.26. The highest BCUT2D eigenvalue weighted by Crippen LogP contribution is 2.29. The lowest BCUT2D eigenvalue weighted by molar-refractivity contribution is -0.131. The Morgan fingerprint density at radius 1 is 1.35 bits per heavy atom. The molecule has 1 aliphatic carbocycles. The summed E-state index contributed by atoms with van der Waals surface area (Å²) in [4.78, 5) is 16.0. The van der Waals surface area contributed by atoms with Gasteiger partial charge in [-0.15, -0.1) is 0 Å². The Labute approximate surface area is 138 Å². The molecule has 1 atom stereocenters. The molecule has 2 rings (SSSR count). The maximum absolute atomic E-state index is 12.2. The summed E-state index contributed by atoms with van der Waals surface area (Å²) >= 11 is 0. The van der Waals surface area contributed by atoms with Crippen molar-refractivity contribution in [2.45, 2.75) is 30.7 Å². The van der Waals surface area contributed by atoms with Crippen LogP contribution in [0, 0.1) is 5.92 Å². The van der Waals surface area contributed by atoms with Crippen LogP contribution in [0.1, 0.15) is 31.4 Å². The second kappa shape index (κ2) is 6.98. The first-order valence-corrected chi connectivity index (χ1v) is 9.30. The zero-order chi connectivity index (χ0) is 17.2. The van der Waals surface area contributed by atoms with E-state index in [-0.39, 0.29) is 16.8 Å². The molecule has 0 aromatic heterocycles. The van der Waals surface area contributed by atoms with Crippen LogP contribution in [0.3, 0.4) is 0 Å². The number of carbonyl (C=O) groups is 1. The number of hydrogen-bond acceptors (Lipinski definition) is 4. The summed E-state index contributed by atoms with van der Waals surface area (Å²) in [6.45, 7) is 3.06. The molecule has 1 saturated carbocycles. The summed E-state index contributed by atoms with van der Waals surface area (Å²) < 4.78 is 22.9. The quantitative estimate of drug-likeness (QED) is 0.809. The molecule has 0 saturated heterocycles. The molecule has 2 N–H and O–H groups in total. The molecule has 23 heavy (non-hydrogen) atoms. The van der Waals surface area contributed by atoms with Crippen LogP contribution in [0.4, 0.5) is 0 Å². The second-order valence-corrected chi connectivity index (χ2v) is 7.99. The van der Waals surface area contributed by atoms with Gasteiger partial charge in [-0.1, -0.05) is 12.1 Å². The molecule has 6 nitrogen and oxygen atoms in total. The summed E-state index contributed by atoms with van der Waals surface area (Å²) in [5, 5.41) is 5.17. The number of primary sulfonamides is 1. The SMILES string of the molecule is C[C@@H](c1cccc(S(N)(=O)=O)c1)N(C)CC(=O)N(C)CC1CC1. The summed E-state index contributed by atoms with van der Waals surface area (Å²) in [7, 11) is -0.0289. The molecule has 1 aliphatic rings. The first-order chi connectivity index (χ1) is 10.7. The van der Waals surface area contributed by atoms with Crippen LogP contribution in [0.25, 0.3) is 0 Å². The van der Waals surface area contributed by atoms with Gasteiger partial charge in [-0.05, 0) is 50.4 Å². The fraction of sp³-hybridized carbons (Fsp3) is 0.562. The van der Waals surface area contributed by atoms with Crippen molar-refractivity contribution in [2.24, 2.45) is 11.1 Å². The third kappa shape index (κ3) is 5.02. The molecule has 1 fully saturated rings. The van der Waals surface area contributed by atoms with E-state index in [1.165, 1.54) is 18.9 Å². The minimum absolute atomic E-state index is 0.0776. The molecule has 0 radical (unpaired) electrons.